The Bertz CT molecular complexity index is 569. The van der Waals surface area contributed by atoms with Crippen molar-refractivity contribution in [2.75, 3.05) is 39.3 Å². The van der Waals surface area contributed by atoms with Crippen molar-refractivity contribution < 1.29 is 9.18 Å². The first-order valence-corrected chi connectivity index (χ1v) is 7.15. The van der Waals surface area contributed by atoms with Gasteiger partial charge in [-0.15, -0.1) is 0 Å². The van der Waals surface area contributed by atoms with Gasteiger partial charge in [-0.2, -0.15) is 0 Å². The SMILES string of the molecule is CCN1CCN(C(=O)c2ccc(C#CCN)c(F)c2)CC1. The number of hydrogen-bond acceptors (Lipinski definition) is 3. The van der Waals surface area contributed by atoms with Gasteiger partial charge in [-0.25, -0.2) is 4.39 Å². The molecule has 1 saturated heterocycles. The molecule has 0 saturated carbocycles. The van der Waals surface area contributed by atoms with E-state index in [-0.39, 0.29) is 18.0 Å². The molecule has 0 unspecified atom stereocenters. The second kappa shape index (κ2) is 7.21. The fourth-order valence-corrected chi connectivity index (χ4v) is 2.35. The number of benzene rings is 1. The van der Waals surface area contributed by atoms with E-state index in [4.69, 9.17) is 5.73 Å². The Morgan fingerprint density at radius 1 is 1.33 bits per heavy atom. The molecule has 1 heterocycles. The Labute approximate surface area is 124 Å². The van der Waals surface area contributed by atoms with Gasteiger partial charge in [-0.05, 0) is 24.7 Å². The third-order valence-electron chi connectivity index (χ3n) is 3.65. The first-order valence-electron chi connectivity index (χ1n) is 7.15. The molecule has 0 bridgehead atoms. The monoisotopic (exact) mass is 289 g/mol. The van der Waals surface area contributed by atoms with Crippen LogP contribution in [0, 0.1) is 17.7 Å². The molecule has 2 rings (SSSR count). The van der Waals surface area contributed by atoms with Gasteiger partial charge < -0.3 is 15.5 Å². The highest BCUT2D eigenvalue weighted by molar-refractivity contribution is 5.94. The molecule has 0 aliphatic carbocycles. The Hall–Kier alpha value is -1.90. The number of carbonyl (C=O) groups excluding carboxylic acids is 1. The van der Waals surface area contributed by atoms with Crippen LogP contribution in [-0.2, 0) is 0 Å². The maximum Gasteiger partial charge on any atom is 0.254 e. The Kier molecular flexibility index (Phi) is 5.32. The molecule has 1 aliphatic heterocycles. The van der Waals surface area contributed by atoms with Crippen molar-refractivity contribution in [3.05, 3.63) is 35.1 Å². The van der Waals surface area contributed by atoms with Gasteiger partial charge >= 0.3 is 0 Å². The van der Waals surface area contributed by atoms with Crippen LogP contribution in [0.2, 0.25) is 0 Å². The number of likely N-dealkylation sites (N-methyl/N-ethyl adjacent to an activating group) is 1. The predicted octanol–water partition coefficient (Wildman–Crippen LogP) is 0.914. The average Bonchev–Trinajstić information content (AvgIpc) is 2.53. The molecule has 1 aliphatic rings. The smallest absolute Gasteiger partial charge is 0.254 e. The first kappa shape index (κ1) is 15.5. The summed E-state index contributed by atoms with van der Waals surface area (Å²) in [5.74, 6) is 4.66. The summed E-state index contributed by atoms with van der Waals surface area (Å²) in [6, 6.07) is 4.42. The van der Waals surface area contributed by atoms with Crippen LogP contribution in [0.25, 0.3) is 0 Å². The van der Waals surface area contributed by atoms with Crippen LogP contribution in [0.1, 0.15) is 22.8 Å². The van der Waals surface area contributed by atoms with E-state index in [1.165, 1.54) is 12.1 Å². The lowest BCUT2D eigenvalue weighted by Crippen LogP contribution is -2.48. The van der Waals surface area contributed by atoms with Crippen molar-refractivity contribution in [2.24, 2.45) is 5.73 Å². The number of halogens is 1. The summed E-state index contributed by atoms with van der Waals surface area (Å²) in [6.07, 6.45) is 0. The number of nitrogens with zero attached hydrogens (tertiary/aromatic N) is 2. The zero-order chi connectivity index (χ0) is 15.2. The Balaban J connectivity index is 2.08. The summed E-state index contributed by atoms with van der Waals surface area (Å²) in [6.45, 7) is 6.38. The molecule has 0 spiro atoms. The summed E-state index contributed by atoms with van der Waals surface area (Å²) >= 11 is 0. The van der Waals surface area contributed by atoms with Crippen molar-refractivity contribution in [3.8, 4) is 11.8 Å². The number of hydrogen-bond donors (Lipinski definition) is 1. The highest BCUT2D eigenvalue weighted by atomic mass is 19.1. The third kappa shape index (κ3) is 3.81. The fourth-order valence-electron chi connectivity index (χ4n) is 2.35. The summed E-state index contributed by atoms with van der Waals surface area (Å²) in [5, 5.41) is 0. The van der Waals surface area contributed by atoms with Gasteiger partial charge in [0.05, 0.1) is 12.1 Å². The van der Waals surface area contributed by atoms with E-state index in [0.717, 1.165) is 19.6 Å². The lowest BCUT2D eigenvalue weighted by molar-refractivity contribution is 0.0643. The van der Waals surface area contributed by atoms with Crippen LogP contribution < -0.4 is 5.73 Å². The second-order valence-corrected chi connectivity index (χ2v) is 4.93. The molecule has 0 atom stereocenters. The van der Waals surface area contributed by atoms with E-state index >= 15 is 0 Å². The van der Waals surface area contributed by atoms with E-state index in [9.17, 15) is 9.18 Å². The zero-order valence-corrected chi connectivity index (χ0v) is 12.2. The van der Waals surface area contributed by atoms with Crippen molar-refractivity contribution in [2.45, 2.75) is 6.92 Å². The van der Waals surface area contributed by atoms with Gasteiger partial charge in [0.25, 0.3) is 5.91 Å². The van der Waals surface area contributed by atoms with Gasteiger partial charge in [0, 0.05) is 31.7 Å². The molecular weight excluding hydrogens is 269 g/mol. The lowest BCUT2D eigenvalue weighted by atomic mass is 10.1. The summed E-state index contributed by atoms with van der Waals surface area (Å²) in [4.78, 5) is 16.4. The van der Waals surface area contributed by atoms with Crippen LogP contribution in [-0.4, -0.2) is 55.0 Å². The summed E-state index contributed by atoms with van der Waals surface area (Å²) in [5.41, 5.74) is 5.91. The zero-order valence-electron chi connectivity index (χ0n) is 12.2. The standard InChI is InChI=1S/C16H20FN3O/c1-2-19-8-10-20(11-9-19)16(21)14-6-5-13(4-3-7-18)15(17)12-14/h5-6,12H,2,7-11,18H2,1H3. The van der Waals surface area contributed by atoms with Crippen molar-refractivity contribution in [3.63, 3.8) is 0 Å². The highest BCUT2D eigenvalue weighted by Crippen LogP contribution is 2.13. The van der Waals surface area contributed by atoms with Gasteiger partial charge in [0.2, 0.25) is 0 Å². The van der Waals surface area contributed by atoms with E-state index in [1.54, 1.807) is 11.0 Å². The van der Waals surface area contributed by atoms with E-state index < -0.39 is 5.82 Å². The number of piperazine rings is 1. The van der Waals surface area contributed by atoms with E-state index in [1.807, 2.05) is 0 Å². The second-order valence-electron chi connectivity index (χ2n) is 4.93. The third-order valence-corrected chi connectivity index (χ3v) is 3.65. The van der Waals surface area contributed by atoms with Crippen LogP contribution >= 0.6 is 0 Å². The predicted molar refractivity (Wildman–Crippen MR) is 80.3 cm³/mol. The topological polar surface area (TPSA) is 49.6 Å². The van der Waals surface area contributed by atoms with Crippen molar-refractivity contribution in [1.29, 1.82) is 0 Å². The Morgan fingerprint density at radius 2 is 2.05 bits per heavy atom. The fraction of sp³-hybridized carbons (Fsp3) is 0.438. The molecule has 1 amide bonds. The molecule has 0 radical (unpaired) electrons. The molecule has 1 fully saturated rings. The van der Waals surface area contributed by atoms with Gasteiger partial charge in [0.1, 0.15) is 5.82 Å². The quantitative estimate of drug-likeness (QED) is 0.824. The average molecular weight is 289 g/mol. The lowest BCUT2D eigenvalue weighted by Gasteiger charge is -2.34. The molecular formula is C16H20FN3O. The van der Waals surface area contributed by atoms with Crippen molar-refractivity contribution in [1.82, 2.24) is 9.80 Å². The van der Waals surface area contributed by atoms with Crippen LogP contribution in [0.4, 0.5) is 4.39 Å². The molecule has 4 nitrogen and oxygen atoms in total. The van der Waals surface area contributed by atoms with Gasteiger partial charge in [-0.1, -0.05) is 18.8 Å². The molecule has 21 heavy (non-hydrogen) atoms. The number of nitrogens with two attached hydrogens (primary N) is 1. The first-order chi connectivity index (χ1) is 10.2. The maximum atomic E-state index is 13.9. The maximum absolute atomic E-state index is 13.9. The largest absolute Gasteiger partial charge is 0.336 e. The molecule has 1 aromatic rings. The van der Waals surface area contributed by atoms with E-state index in [2.05, 4.69) is 23.7 Å². The highest BCUT2D eigenvalue weighted by Gasteiger charge is 2.21. The minimum Gasteiger partial charge on any atom is -0.336 e. The minimum atomic E-state index is -0.478. The molecule has 0 aromatic heterocycles. The molecule has 5 heteroatoms. The minimum absolute atomic E-state index is 0.122. The number of carbonyl (C=O) groups is 1. The van der Waals surface area contributed by atoms with Crippen LogP contribution in [0.15, 0.2) is 18.2 Å². The van der Waals surface area contributed by atoms with Gasteiger partial charge in [-0.3, -0.25) is 4.79 Å². The molecule has 112 valence electrons. The van der Waals surface area contributed by atoms with E-state index in [0.29, 0.717) is 18.7 Å². The Morgan fingerprint density at radius 3 is 2.62 bits per heavy atom. The van der Waals surface area contributed by atoms with Crippen LogP contribution in [0.5, 0.6) is 0 Å². The molecule has 2 N–H and O–H groups in total. The summed E-state index contributed by atoms with van der Waals surface area (Å²) in [7, 11) is 0. The van der Waals surface area contributed by atoms with Crippen LogP contribution in [0.3, 0.4) is 0 Å². The number of amides is 1. The van der Waals surface area contributed by atoms with Gasteiger partial charge in [0.15, 0.2) is 0 Å². The summed E-state index contributed by atoms with van der Waals surface area (Å²) < 4.78 is 13.9. The van der Waals surface area contributed by atoms with Crippen molar-refractivity contribution >= 4 is 5.91 Å². The normalized spacial score (nSPS) is 15.5. The number of rotatable bonds is 2. The molecule has 1 aromatic carbocycles.